The summed E-state index contributed by atoms with van der Waals surface area (Å²) in [6.07, 6.45) is 4.06. The van der Waals surface area contributed by atoms with Crippen molar-refractivity contribution in [2.24, 2.45) is 5.92 Å². The van der Waals surface area contributed by atoms with Crippen molar-refractivity contribution >= 4 is 22.4 Å². The van der Waals surface area contributed by atoms with E-state index in [0.717, 1.165) is 25.3 Å². The topological polar surface area (TPSA) is 111 Å². The third kappa shape index (κ3) is 3.80. The minimum atomic E-state index is -0.250. The first kappa shape index (κ1) is 14.9. The summed E-state index contributed by atoms with van der Waals surface area (Å²) in [7, 11) is 0. The number of carbonyl (C=O) groups excluding carboxylic acids is 1. The number of anilines is 1. The molecule has 1 aliphatic heterocycles. The van der Waals surface area contributed by atoms with Gasteiger partial charge in [-0.15, -0.1) is 16.4 Å². The van der Waals surface area contributed by atoms with Crippen molar-refractivity contribution in [2.45, 2.75) is 25.9 Å². The van der Waals surface area contributed by atoms with Gasteiger partial charge < -0.3 is 16.4 Å². The Morgan fingerprint density at radius 3 is 3.23 bits per heavy atom. The molecule has 9 heteroatoms. The van der Waals surface area contributed by atoms with Crippen LogP contribution in [0.5, 0.6) is 0 Å². The van der Waals surface area contributed by atoms with E-state index in [-0.39, 0.29) is 5.91 Å². The molecule has 2 aromatic rings. The highest BCUT2D eigenvalue weighted by molar-refractivity contribution is 7.13. The van der Waals surface area contributed by atoms with Crippen LogP contribution in [0, 0.1) is 5.92 Å². The number of nitrogens with zero attached hydrogens (tertiary/aromatic N) is 4. The molecule has 0 spiro atoms. The summed E-state index contributed by atoms with van der Waals surface area (Å²) in [5.41, 5.74) is 6.62. The van der Waals surface area contributed by atoms with E-state index >= 15 is 0 Å². The van der Waals surface area contributed by atoms with E-state index in [1.165, 1.54) is 24.2 Å². The summed E-state index contributed by atoms with van der Waals surface area (Å²) in [4.78, 5) is 16.1. The highest BCUT2D eigenvalue weighted by atomic mass is 32.1. The minimum absolute atomic E-state index is 0.250. The van der Waals surface area contributed by atoms with Crippen LogP contribution in [-0.4, -0.2) is 39.0 Å². The fraction of sp³-hybridized carbons (Fsp3) is 0.538. The first-order valence-electron chi connectivity index (χ1n) is 7.29. The fourth-order valence-electron chi connectivity index (χ4n) is 2.50. The van der Waals surface area contributed by atoms with Crippen molar-refractivity contribution in [2.75, 3.05) is 18.8 Å². The second kappa shape index (κ2) is 6.84. The number of rotatable bonds is 5. The molecule has 1 saturated heterocycles. The Morgan fingerprint density at radius 2 is 2.50 bits per heavy atom. The molecule has 1 atom stereocenters. The molecular weight excluding hydrogens is 302 g/mol. The third-order valence-corrected chi connectivity index (χ3v) is 4.34. The maximum atomic E-state index is 12.0. The Labute approximate surface area is 132 Å². The van der Waals surface area contributed by atoms with Crippen molar-refractivity contribution in [1.29, 1.82) is 0 Å². The van der Waals surface area contributed by atoms with Gasteiger partial charge in [0.15, 0.2) is 10.8 Å². The van der Waals surface area contributed by atoms with E-state index in [0.29, 0.717) is 23.3 Å². The van der Waals surface area contributed by atoms with E-state index in [2.05, 4.69) is 25.9 Å². The van der Waals surface area contributed by atoms with Crippen molar-refractivity contribution in [3.63, 3.8) is 0 Å². The Balaban J connectivity index is 1.52. The zero-order chi connectivity index (χ0) is 15.4. The maximum absolute atomic E-state index is 12.0. The SMILES string of the molecule is Nc1nc(CNC(=O)c2cn(CC3CCCNC3)nn2)cs1. The Bertz CT molecular complexity index is 632. The third-order valence-electron chi connectivity index (χ3n) is 3.62. The Morgan fingerprint density at radius 1 is 1.59 bits per heavy atom. The lowest BCUT2D eigenvalue weighted by molar-refractivity contribution is 0.0945. The standard InChI is InChI=1S/C13H19N7OS/c14-13-17-10(8-22-13)5-16-12(21)11-7-20(19-18-11)6-9-2-1-3-15-4-9/h7-9,15H,1-6H2,(H2,14,17)(H,16,21). The molecule has 0 radical (unpaired) electrons. The Kier molecular flexibility index (Phi) is 4.64. The van der Waals surface area contributed by atoms with Crippen LogP contribution in [0.3, 0.4) is 0 Å². The minimum Gasteiger partial charge on any atom is -0.375 e. The van der Waals surface area contributed by atoms with Gasteiger partial charge in [0.05, 0.1) is 18.4 Å². The quantitative estimate of drug-likeness (QED) is 0.728. The molecule has 0 aliphatic carbocycles. The predicted octanol–water partition coefficient (Wildman–Crippen LogP) is 0.246. The van der Waals surface area contributed by atoms with E-state index in [1.54, 1.807) is 10.9 Å². The molecule has 0 aromatic carbocycles. The van der Waals surface area contributed by atoms with E-state index in [1.807, 2.05) is 5.38 Å². The summed E-state index contributed by atoms with van der Waals surface area (Å²) in [5.74, 6) is 0.295. The average molecular weight is 321 g/mol. The highest BCUT2D eigenvalue weighted by Gasteiger charge is 2.16. The van der Waals surface area contributed by atoms with Crippen LogP contribution in [0.4, 0.5) is 5.13 Å². The number of nitrogens with one attached hydrogen (secondary N) is 2. The van der Waals surface area contributed by atoms with Crippen LogP contribution >= 0.6 is 11.3 Å². The fourth-order valence-corrected chi connectivity index (χ4v) is 3.06. The average Bonchev–Trinajstić information content (AvgIpc) is 3.15. The molecule has 8 nitrogen and oxygen atoms in total. The number of amides is 1. The molecule has 0 saturated carbocycles. The van der Waals surface area contributed by atoms with Crippen LogP contribution in [0.25, 0.3) is 0 Å². The monoisotopic (exact) mass is 321 g/mol. The number of nitrogen functional groups attached to an aromatic ring is 1. The number of hydrogen-bond donors (Lipinski definition) is 3. The molecule has 3 rings (SSSR count). The molecule has 1 unspecified atom stereocenters. The summed E-state index contributed by atoms with van der Waals surface area (Å²) < 4.78 is 1.74. The van der Waals surface area contributed by atoms with Gasteiger partial charge in [-0.2, -0.15) is 0 Å². The Hall–Kier alpha value is -2.00. The molecule has 0 bridgehead atoms. The van der Waals surface area contributed by atoms with Crippen molar-refractivity contribution < 1.29 is 4.79 Å². The number of thiazole rings is 1. The molecule has 4 N–H and O–H groups in total. The molecule has 2 aromatic heterocycles. The number of piperidine rings is 1. The summed E-state index contributed by atoms with van der Waals surface area (Å²) >= 11 is 1.35. The largest absolute Gasteiger partial charge is 0.375 e. The summed E-state index contributed by atoms with van der Waals surface area (Å²) in [6, 6.07) is 0. The van der Waals surface area contributed by atoms with Crippen LogP contribution in [0.2, 0.25) is 0 Å². The van der Waals surface area contributed by atoms with Crippen LogP contribution in [0.1, 0.15) is 29.0 Å². The zero-order valence-electron chi connectivity index (χ0n) is 12.2. The maximum Gasteiger partial charge on any atom is 0.273 e. The predicted molar refractivity (Wildman–Crippen MR) is 83.3 cm³/mol. The van der Waals surface area contributed by atoms with Gasteiger partial charge in [0.1, 0.15) is 0 Å². The van der Waals surface area contributed by atoms with E-state index in [4.69, 9.17) is 5.73 Å². The molecular formula is C13H19N7OS. The first-order valence-corrected chi connectivity index (χ1v) is 8.17. The van der Waals surface area contributed by atoms with Gasteiger partial charge in [0.2, 0.25) is 0 Å². The van der Waals surface area contributed by atoms with Gasteiger partial charge >= 0.3 is 0 Å². The summed E-state index contributed by atoms with van der Waals surface area (Å²) in [6.45, 7) is 3.21. The van der Waals surface area contributed by atoms with Gasteiger partial charge in [-0.05, 0) is 31.8 Å². The van der Waals surface area contributed by atoms with Crippen LogP contribution < -0.4 is 16.4 Å². The molecule has 1 fully saturated rings. The first-order chi connectivity index (χ1) is 10.7. The van der Waals surface area contributed by atoms with Crippen molar-refractivity contribution in [3.8, 4) is 0 Å². The molecule has 1 aliphatic rings. The van der Waals surface area contributed by atoms with Gasteiger partial charge in [0, 0.05) is 11.9 Å². The molecule has 1 amide bonds. The lowest BCUT2D eigenvalue weighted by Crippen LogP contribution is -2.32. The second-order valence-corrected chi connectivity index (χ2v) is 6.29. The number of nitrogens with two attached hydrogens (primary N) is 1. The number of hydrogen-bond acceptors (Lipinski definition) is 7. The van der Waals surface area contributed by atoms with Gasteiger partial charge in [-0.25, -0.2) is 4.98 Å². The summed E-state index contributed by atoms with van der Waals surface area (Å²) in [5, 5.41) is 16.4. The lowest BCUT2D eigenvalue weighted by atomic mass is 10.00. The van der Waals surface area contributed by atoms with Crippen LogP contribution in [0.15, 0.2) is 11.6 Å². The number of aromatic nitrogens is 4. The lowest BCUT2D eigenvalue weighted by Gasteiger charge is -2.22. The highest BCUT2D eigenvalue weighted by Crippen LogP contribution is 2.12. The zero-order valence-corrected chi connectivity index (χ0v) is 13.0. The normalized spacial score (nSPS) is 18.3. The molecule has 3 heterocycles. The van der Waals surface area contributed by atoms with Crippen molar-refractivity contribution in [1.82, 2.24) is 30.6 Å². The number of carbonyl (C=O) groups is 1. The van der Waals surface area contributed by atoms with Gasteiger partial charge in [-0.1, -0.05) is 5.21 Å². The van der Waals surface area contributed by atoms with Crippen molar-refractivity contribution in [3.05, 3.63) is 23.0 Å². The van der Waals surface area contributed by atoms with Gasteiger partial charge in [-0.3, -0.25) is 9.48 Å². The van der Waals surface area contributed by atoms with Gasteiger partial charge in [0.25, 0.3) is 5.91 Å². The second-order valence-electron chi connectivity index (χ2n) is 5.40. The van der Waals surface area contributed by atoms with E-state index < -0.39 is 0 Å². The smallest absolute Gasteiger partial charge is 0.273 e. The molecule has 118 valence electrons. The van der Waals surface area contributed by atoms with Crippen LogP contribution in [-0.2, 0) is 13.1 Å². The van der Waals surface area contributed by atoms with E-state index in [9.17, 15) is 4.79 Å². The molecule has 22 heavy (non-hydrogen) atoms.